The van der Waals surface area contributed by atoms with Crippen LogP contribution >= 0.6 is 0 Å². The zero-order valence-electron chi connectivity index (χ0n) is 7.06. The van der Waals surface area contributed by atoms with Gasteiger partial charge in [-0.3, -0.25) is 0 Å². The van der Waals surface area contributed by atoms with E-state index in [2.05, 4.69) is 4.74 Å². The Labute approximate surface area is 74.4 Å². The van der Waals surface area contributed by atoms with Crippen molar-refractivity contribution in [3.05, 3.63) is 0 Å². The smallest absolute Gasteiger partial charge is 0.337 e. The number of rotatable bonds is 2. The van der Waals surface area contributed by atoms with E-state index in [1.54, 1.807) is 0 Å². The van der Waals surface area contributed by atoms with Crippen molar-refractivity contribution in [1.82, 2.24) is 0 Å². The van der Waals surface area contributed by atoms with Gasteiger partial charge in [-0.25, -0.2) is 9.59 Å². The average Bonchev–Trinajstić information content (AvgIpc) is 2.17. The molecule has 0 aromatic carbocycles. The maximum absolute atomic E-state index is 10.9. The Morgan fingerprint density at radius 1 is 1.31 bits per heavy atom. The summed E-state index contributed by atoms with van der Waals surface area (Å²) in [5.74, 6) is -1.65. The van der Waals surface area contributed by atoms with Crippen molar-refractivity contribution < 1.29 is 28.9 Å². The number of aliphatic carboxylic acids is 1. The standard InChI is InChI=1S/C7H10O6/c1-11-7(10)5-3-12-4(2-13-5)6(8)9/h4-5H,2-3H2,1H3,(H,8,9)/t4-,5+/m1/s1. The summed E-state index contributed by atoms with van der Waals surface area (Å²) < 4.78 is 14.2. The van der Waals surface area contributed by atoms with Crippen LogP contribution in [0, 0.1) is 0 Å². The van der Waals surface area contributed by atoms with Gasteiger partial charge in [0, 0.05) is 0 Å². The SMILES string of the molecule is COC(=O)[C@@H]1CO[C@@H](C(=O)O)CO1. The first-order chi connectivity index (χ1) is 6.15. The average molecular weight is 190 g/mol. The number of methoxy groups -OCH3 is 1. The van der Waals surface area contributed by atoms with Gasteiger partial charge in [0.1, 0.15) is 0 Å². The van der Waals surface area contributed by atoms with Crippen LogP contribution in [0.4, 0.5) is 0 Å². The maximum Gasteiger partial charge on any atom is 0.337 e. The fraction of sp³-hybridized carbons (Fsp3) is 0.714. The molecule has 0 spiro atoms. The first kappa shape index (κ1) is 9.94. The normalized spacial score (nSPS) is 28.1. The highest BCUT2D eigenvalue weighted by Gasteiger charge is 2.31. The summed E-state index contributed by atoms with van der Waals surface area (Å²) in [5, 5.41) is 8.50. The predicted octanol–water partition coefficient (Wildman–Crippen LogP) is -0.972. The van der Waals surface area contributed by atoms with Gasteiger partial charge in [0.2, 0.25) is 0 Å². The first-order valence-electron chi connectivity index (χ1n) is 3.69. The maximum atomic E-state index is 10.9. The molecule has 2 atom stereocenters. The van der Waals surface area contributed by atoms with Crippen LogP contribution in [-0.4, -0.2) is 49.6 Å². The zero-order valence-corrected chi connectivity index (χ0v) is 7.06. The fourth-order valence-electron chi connectivity index (χ4n) is 0.913. The van der Waals surface area contributed by atoms with Crippen LogP contribution in [-0.2, 0) is 23.8 Å². The van der Waals surface area contributed by atoms with E-state index in [1.165, 1.54) is 7.11 Å². The largest absolute Gasteiger partial charge is 0.479 e. The molecule has 74 valence electrons. The van der Waals surface area contributed by atoms with Crippen molar-refractivity contribution in [1.29, 1.82) is 0 Å². The highest BCUT2D eigenvalue weighted by molar-refractivity contribution is 5.76. The summed E-state index contributed by atoms with van der Waals surface area (Å²) in [6.45, 7) is -0.210. The molecule has 13 heavy (non-hydrogen) atoms. The summed E-state index contributed by atoms with van der Waals surface area (Å²) >= 11 is 0. The van der Waals surface area contributed by atoms with Crippen LogP contribution in [0.15, 0.2) is 0 Å². The molecular formula is C7H10O6. The molecule has 1 fully saturated rings. The molecule has 1 aliphatic rings. The van der Waals surface area contributed by atoms with Crippen molar-refractivity contribution in [3.63, 3.8) is 0 Å². The molecular weight excluding hydrogens is 180 g/mol. The Morgan fingerprint density at radius 3 is 2.23 bits per heavy atom. The fourth-order valence-corrected chi connectivity index (χ4v) is 0.913. The van der Waals surface area contributed by atoms with Crippen LogP contribution in [0.2, 0.25) is 0 Å². The Bertz CT molecular complexity index is 205. The predicted molar refractivity (Wildman–Crippen MR) is 39.1 cm³/mol. The van der Waals surface area contributed by atoms with Crippen molar-refractivity contribution >= 4 is 11.9 Å². The number of carboxylic acids is 1. The molecule has 0 saturated carbocycles. The number of hydrogen-bond acceptors (Lipinski definition) is 5. The molecule has 0 aromatic rings. The molecule has 1 N–H and O–H groups in total. The van der Waals surface area contributed by atoms with E-state index >= 15 is 0 Å². The second kappa shape index (κ2) is 4.20. The molecule has 1 aliphatic heterocycles. The molecule has 0 amide bonds. The molecule has 0 unspecified atom stereocenters. The van der Waals surface area contributed by atoms with Gasteiger partial charge in [-0.05, 0) is 0 Å². The van der Waals surface area contributed by atoms with Crippen LogP contribution < -0.4 is 0 Å². The molecule has 1 saturated heterocycles. The lowest BCUT2D eigenvalue weighted by atomic mass is 10.3. The summed E-state index contributed by atoms with van der Waals surface area (Å²) in [6, 6.07) is 0. The molecule has 1 heterocycles. The van der Waals surface area contributed by atoms with Crippen molar-refractivity contribution in [2.75, 3.05) is 20.3 Å². The summed E-state index contributed by atoms with van der Waals surface area (Å²) in [6.07, 6.45) is -1.79. The highest BCUT2D eigenvalue weighted by atomic mass is 16.6. The summed E-state index contributed by atoms with van der Waals surface area (Å²) in [4.78, 5) is 21.2. The summed E-state index contributed by atoms with van der Waals surface area (Å²) in [7, 11) is 1.23. The Kier molecular flexibility index (Phi) is 3.21. The van der Waals surface area contributed by atoms with Gasteiger partial charge in [-0.2, -0.15) is 0 Å². The van der Waals surface area contributed by atoms with E-state index in [-0.39, 0.29) is 13.2 Å². The topological polar surface area (TPSA) is 82.1 Å². The van der Waals surface area contributed by atoms with Gasteiger partial charge in [0.15, 0.2) is 12.2 Å². The first-order valence-corrected chi connectivity index (χ1v) is 3.69. The minimum atomic E-state index is -1.09. The van der Waals surface area contributed by atoms with Gasteiger partial charge in [-0.15, -0.1) is 0 Å². The number of carbonyl (C=O) groups is 2. The third-order valence-electron chi connectivity index (χ3n) is 1.64. The molecule has 1 rings (SSSR count). The quantitative estimate of drug-likeness (QED) is 0.564. The van der Waals surface area contributed by atoms with Crippen LogP contribution in [0.3, 0.4) is 0 Å². The molecule has 6 heteroatoms. The van der Waals surface area contributed by atoms with Crippen LogP contribution in [0.5, 0.6) is 0 Å². The van der Waals surface area contributed by atoms with Crippen molar-refractivity contribution in [2.24, 2.45) is 0 Å². The zero-order chi connectivity index (χ0) is 9.84. The van der Waals surface area contributed by atoms with Crippen LogP contribution in [0.25, 0.3) is 0 Å². The number of hydrogen-bond donors (Lipinski definition) is 1. The number of esters is 1. The van der Waals surface area contributed by atoms with Gasteiger partial charge < -0.3 is 19.3 Å². The molecule has 6 nitrogen and oxygen atoms in total. The number of carbonyl (C=O) groups excluding carboxylic acids is 1. The Morgan fingerprint density at radius 2 is 1.85 bits per heavy atom. The van der Waals surface area contributed by atoms with E-state index < -0.39 is 24.1 Å². The van der Waals surface area contributed by atoms with Crippen molar-refractivity contribution in [3.8, 4) is 0 Å². The Balaban J connectivity index is 2.39. The number of carboxylic acid groups (broad SMARTS) is 1. The summed E-state index contributed by atoms with van der Waals surface area (Å²) in [5.41, 5.74) is 0. The van der Waals surface area contributed by atoms with Crippen molar-refractivity contribution in [2.45, 2.75) is 12.2 Å². The third kappa shape index (κ3) is 2.40. The second-order valence-corrected chi connectivity index (χ2v) is 2.51. The molecule has 0 bridgehead atoms. The van der Waals surface area contributed by atoms with E-state index in [0.29, 0.717) is 0 Å². The number of ether oxygens (including phenoxy) is 3. The lowest BCUT2D eigenvalue weighted by Gasteiger charge is -2.25. The van der Waals surface area contributed by atoms with E-state index in [1.807, 2.05) is 0 Å². The monoisotopic (exact) mass is 190 g/mol. The van der Waals surface area contributed by atoms with E-state index in [0.717, 1.165) is 0 Å². The van der Waals surface area contributed by atoms with Gasteiger partial charge in [0.05, 0.1) is 20.3 Å². The minimum Gasteiger partial charge on any atom is -0.479 e. The minimum absolute atomic E-state index is 0.0797. The molecule has 0 aliphatic carbocycles. The van der Waals surface area contributed by atoms with Gasteiger partial charge in [-0.1, -0.05) is 0 Å². The van der Waals surface area contributed by atoms with Crippen LogP contribution in [0.1, 0.15) is 0 Å². The highest BCUT2D eigenvalue weighted by Crippen LogP contribution is 2.08. The lowest BCUT2D eigenvalue weighted by molar-refractivity contribution is -0.189. The Hall–Kier alpha value is -1.14. The van der Waals surface area contributed by atoms with Gasteiger partial charge in [0.25, 0.3) is 0 Å². The lowest BCUT2D eigenvalue weighted by Crippen LogP contribution is -2.44. The van der Waals surface area contributed by atoms with E-state index in [4.69, 9.17) is 14.6 Å². The molecule has 0 aromatic heterocycles. The third-order valence-corrected chi connectivity index (χ3v) is 1.64. The van der Waals surface area contributed by atoms with E-state index in [9.17, 15) is 9.59 Å². The van der Waals surface area contributed by atoms with Gasteiger partial charge >= 0.3 is 11.9 Å². The second-order valence-electron chi connectivity index (χ2n) is 2.51. The molecule has 0 radical (unpaired) electrons.